The molecule has 0 aliphatic rings. The van der Waals surface area contributed by atoms with Crippen LogP contribution in [0.25, 0.3) is 10.9 Å². The highest BCUT2D eigenvalue weighted by Gasteiger charge is 2.01. The van der Waals surface area contributed by atoms with Crippen molar-refractivity contribution in [2.75, 3.05) is 11.9 Å². The summed E-state index contributed by atoms with van der Waals surface area (Å²) in [6.07, 6.45) is 1.70. The van der Waals surface area contributed by atoms with Crippen LogP contribution >= 0.6 is 0 Å². The monoisotopic (exact) mass is 201 g/mol. The minimum Gasteiger partial charge on any atom is -0.376 e. The molecule has 0 spiro atoms. The maximum absolute atomic E-state index is 10.7. The van der Waals surface area contributed by atoms with Gasteiger partial charge in [0.2, 0.25) is 5.91 Å². The van der Waals surface area contributed by atoms with E-state index in [0.717, 1.165) is 16.6 Å². The lowest BCUT2D eigenvalue weighted by atomic mass is 10.2. The SMILES string of the molecule is NC(=O)CNc1ccnc2ccccc12. The van der Waals surface area contributed by atoms with E-state index in [4.69, 9.17) is 5.73 Å². The van der Waals surface area contributed by atoms with Crippen LogP contribution < -0.4 is 11.1 Å². The molecule has 1 aromatic carbocycles. The molecule has 4 heteroatoms. The van der Waals surface area contributed by atoms with E-state index >= 15 is 0 Å². The topological polar surface area (TPSA) is 68.0 Å². The number of aromatic nitrogens is 1. The van der Waals surface area contributed by atoms with Crippen LogP contribution in [0.15, 0.2) is 36.5 Å². The van der Waals surface area contributed by atoms with Gasteiger partial charge in [-0.25, -0.2) is 0 Å². The molecule has 0 aliphatic heterocycles. The van der Waals surface area contributed by atoms with Gasteiger partial charge in [-0.1, -0.05) is 18.2 Å². The zero-order valence-corrected chi connectivity index (χ0v) is 8.10. The van der Waals surface area contributed by atoms with Crippen LogP contribution in [-0.4, -0.2) is 17.4 Å². The Morgan fingerprint density at radius 1 is 1.33 bits per heavy atom. The zero-order chi connectivity index (χ0) is 10.7. The van der Waals surface area contributed by atoms with Crippen molar-refractivity contribution in [1.29, 1.82) is 0 Å². The Labute approximate surface area is 87.1 Å². The number of hydrogen-bond acceptors (Lipinski definition) is 3. The minimum absolute atomic E-state index is 0.133. The molecule has 0 aliphatic carbocycles. The van der Waals surface area contributed by atoms with Gasteiger partial charge >= 0.3 is 0 Å². The second-order valence-corrected chi connectivity index (χ2v) is 3.20. The highest BCUT2D eigenvalue weighted by atomic mass is 16.1. The summed E-state index contributed by atoms with van der Waals surface area (Å²) in [5.41, 5.74) is 6.84. The molecule has 1 heterocycles. The van der Waals surface area contributed by atoms with Crippen LogP contribution in [0.1, 0.15) is 0 Å². The van der Waals surface area contributed by atoms with Crippen molar-refractivity contribution in [3.63, 3.8) is 0 Å². The Kier molecular flexibility index (Phi) is 2.49. The number of hydrogen-bond donors (Lipinski definition) is 2. The van der Waals surface area contributed by atoms with E-state index in [-0.39, 0.29) is 12.5 Å². The summed E-state index contributed by atoms with van der Waals surface area (Å²) in [5.74, 6) is -0.379. The fourth-order valence-electron chi connectivity index (χ4n) is 1.43. The van der Waals surface area contributed by atoms with E-state index in [1.165, 1.54) is 0 Å². The van der Waals surface area contributed by atoms with Crippen molar-refractivity contribution in [1.82, 2.24) is 4.98 Å². The summed E-state index contributed by atoms with van der Waals surface area (Å²) in [6.45, 7) is 0.133. The number of pyridine rings is 1. The molecule has 0 radical (unpaired) electrons. The van der Waals surface area contributed by atoms with E-state index in [0.29, 0.717) is 0 Å². The van der Waals surface area contributed by atoms with Gasteiger partial charge in [0.15, 0.2) is 0 Å². The molecule has 1 amide bonds. The highest BCUT2D eigenvalue weighted by Crippen LogP contribution is 2.20. The number of nitrogens with zero attached hydrogens (tertiary/aromatic N) is 1. The van der Waals surface area contributed by atoms with Crippen molar-refractivity contribution in [3.8, 4) is 0 Å². The Bertz CT molecular complexity index is 491. The van der Waals surface area contributed by atoms with Gasteiger partial charge in [0.1, 0.15) is 0 Å². The molecule has 0 saturated heterocycles. The van der Waals surface area contributed by atoms with Gasteiger partial charge in [0.05, 0.1) is 12.1 Å². The van der Waals surface area contributed by atoms with Crippen LogP contribution in [-0.2, 0) is 4.79 Å². The van der Waals surface area contributed by atoms with Gasteiger partial charge in [-0.2, -0.15) is 0 Å². The molecule has 76 valence electrons. The molecule has 0 unspecified atom stereocenters. The molecule has 3 N–H and O–H groups in total. The fraction of sp³-hybridized carbons (Fsp3) is 0.0909. The first-order valence-corrected chi connectivity index (χ1v) is 4.63. The maximum atomic E-state index is 10.7. The minimum atomic E-state index is -0.379. The molecule has 15 heavy (non-hydrogen) atoms. The van der Waals surface area contributed by atoms with Crippen LogP contribution in [0.2, 0.25) is 0 Å². The maximum Gasteiger partial charge on any atom is 0.236 e. The molecule has 0 atom stereocenters. The number of rotatable bonds is 3. The van der Waals surface area contributed by atoms with E-state index < -0.39 is 0 Å². The number of carbonyl (C=O) groups excluding carboxylic acids is 1. The van der Waals surface area contributed by atoms with Gasteiger partial charge in [-0.3, -0.25) is 9.78 Å². The predicted octanol–water partition coefficient (Wildman–Crippen LogP) is 1.13. The van der Waals surface area contributed by atoms with Crippen molar-refractivity contribution in [2.45, 2.75) is 0 Å². The molecule has 0 bridgehead atoms. The summed E-state index contributed by atoms with van der Waals surface area (Å²) < 4.78 is 0. The number of anilines is 1. The largest absolute Gasteiger partial charge is 0.376 e. The van der Waals surface area contributed by atoms with Gasteiger partial charge < -0.3 is 11.1 Å². The van der Waals surface area contributed by atoms with Gasteiger partial charge in [0.25, 0.3) is 0 Å². The van der Waals surface area contributed by atoms with Crippen LogP contribution in [0, 0.1) is 0 Å². The third-order valence-corrected chi connectivity index (χ3v) is 2.10. The molecular weight excluding hydrogens is 190 g/mol. The van der Waals surface area contributed by atoms with Gasteiger partial charge in [0, 0.05) is 17.3 Å². The standard InChI is InChI=1S/C11H11N3O/c12-11(15)7-14-10-5-6-13-9-4-2-1-3-8(9)10/h1-6H,7H2,(H2,12,15)(H,13,14). The molecule has 4 nitrogen and oxygen atoms in total. The second-order valence-electron chi connectivity index (χ2n) is 3.20. The van der Waals surface area contributed by atoms with Crippen molar-refractivity contribution in [3.05, 3.63) is 36.5 Å². The number of nitrogens with one attached hydrogen (secondary N) is 1. The first-order chi connectivity index (χ1) is 7.27. The molecule has 0 saturated carbocycles. The summed E-state index contributed by atoms with van der Waals surface area (Å²) in [6, 6.07) is 9.55. The lowest BCUT2D eigenvalue weighted by Gasteiger charge is -2.06. The lowest BCUT2D eigenvalue weighted by molar-refractivity contribution is -0.116. The average Bonchev–Trinajstić information content (AvgIpc) is 2.26. The molecule has 2 aromatic rings. The number of benzene rings is 1. The number of para-hydroxylation sites is 1. The van der Waals surface area contributed by atoms with E-state index in [1.807, 2.05) is 30.3 Å². The Morgan fingerprint density at radius 2 is 2.13 bits per heavy atom. The van der Waals surface area contributed by atoms with Gasteiger partial charge in [-0.05, 0) is 12.1 Å². The molecule has 0 fully saturated rings. The van der Waals surface area contributed by atoms with Crippen LogP contribution in [0.3, 0.4) is 0 Å². The van der Waals surface area contributed by atoms with Crippen molar-refractivity contribution >= 4 is 22.5 Å². The van der Waals surface area contributed by atoms with Gasteiger partial charge in [-0.15, -0.1) is 0 Å². The Hall–Kier alpha value is -2.10. The highest BCUT2D eigenvalue weighted by molar-refractivity contribution is 5.92. The molecule has 2 rings (SSSR count). The average molecular weight is 201 g/mol. The molecule has 1 aromatic heterocycles. The number of nitrogens with two attached hydrogens (primary N) is 1. The number of fused-ring (bicyclic) bond motifs is 1. The summed E-state index contributed by atoms with van der Waals surface area (Å²) in [7, 11) is 0. The van der Waals surface area contributed by atoms with Crippen molar-refractivity contribution < 1.29 is 4.79 Å². The summed E-state index contributed by atoms with van der Waals surface area (Å²) in [4.78, 5) is 14.9. The molecular formula is C11H11N3O. The third kappa shape index (κ3) is 2.04. The van der Waals surface area contributed by atoms with E-state index in [9.17, 15) is 4.79 Å². The summed E-state index contributed by atoms with van der Waals surface area (Å²) in [5, 5.41) is 3.96. The second kappa shape index (κ2) is 3.96. The number of amides is 1. The van der Waals surface area contributed by atoms with E-state index in [1.54, 1.807) is 6.20 Å². The first kappa shape index (κ1) is 9.45. The summed E-state index contributed by atoms with van der Waals surface area (Å²) >= 11 is 0. The lowest BCUT2D eigenvalue weighted by Crippen LogP contribution is -2.21. The van der Waals surface area contributed by atoms with Crippen LogP contribution in [0.4, 0.5) is 5.69 Å². The van der Waals surface area contributed by atoms with Crippen LogP contribution in [0.5, 0.6) is 0 Å². The Morgan fingerprint density at radius 3 is 2.93 bits per heavy atom. The fourth-order valence-corrected chi connectivity index (χ4v) is 1.43. The Balaban J connectivity index is 2.38. The number of primary amides is 1. The predicted molar refractivity (Wildman–Crippen MR) is 59.4 cm³/mol. The quantitative estimate of drug-likeness (QED) is 0.782. The number of carbonyl (C=O) groups is 1. The zero-order valence-electron chi connectivity index (χ0n) is 8.10. The normalized spacial score (nSPS) is 10.1. The third-order valence-electron chi connectivity index (χ3n) is 2.10. The van der Waals surface area contributed by atoms with Crippen molar-refractivity contribution in [2.24, 2.45) is 5.73 Å². The first-order valence-electron chi connectivity index (χ1n) is 4.63. The smallest absolute Gasteiger partial charge is 0.236 e. The van der Waals surface area contributed by atoms with E-state index in [2.05, 4.69) is 10.3 Å².